The van der Waals surface area contributed by atoms with E-state index in [9.17, 15) is 4.79 Å². The second kappa shape index (κ2) is 8.22. The van der Waals surface area contributed by atoms with Gasteiger partial charge in [-0.2, -0.15) is 0 Å². The van der Waals surface area contributed by atoms with Gasteiger partial charge in [-0.1, -0.05) is 6.07 Å². The van der Waals surface area contributed by atoms with Gasteiger partial charge in [-0.15, -0.1) is 11.3 Å². The van der Waals surface area contributed by atoms with Gasteiger partial charge in [0.25, 0.3) is 0 Å². The standard InChI is InChI=1S/C12H20N2O2S/c1-10(11-5-3-8-17-11)14-9-12(15)13-6-4-7-16-2/h3,5,8,10,14H,4,6-7,9H2,1-2H3,(H,13,15). The fraction of sp³-hybridized carbons (Fsp3) is 0.583. The number of methoxy groups -OCH3 is 1. The zero-order valence-electron chi connectivity index (χ0n) is 10.4. The lowest BCUT2D eigenvalue weighted by Gasteiger charge is -2.11. The predicted octanol–water partition coefficient (Wildman–Crippen LogP) is 1.55. The zero-order chi connectivity index (χ0) is 12.5. The lowest BCUT2D eigenvalue weighted by atomic mass is 10.3. The van der Waals surface area contributed by atoms with Crippen LogP contribution in [-0.4, -0.2) is 32.7 Å². The largest absolute Gasteiger partial charge is 0.385 e. The van der Waals surface area contributed by atoms with E-state index < -0.39 is 0 Å². The highest BCUT2D eigenvalue weighted by Crippen LogP contribution is 2.17. The maximum atomic E-state index is 11.5. The van der Waals surface area contributed by atoms with Crippen molar-refractivity contribution in [3.63, 3.8) is 0 Å². The Balaban J connectivity index is 2.11. The average Bonchev–Trinajstić information content (AvgIpc) is 2.85. The Morgan fingerprint density at radius 2 is 2.41 bits per heavy atom. The molecule has 0 fully saturated rings. The third kappa shape index (κ3) is 5.81. The molecule has 1 heterocycles. The molecule has 4 nitrogen and oxygen atoms in total. The van der Waals surface area contributed by atoms with Crippen LogP contribution in [0.15, 0.2) is 17.5 Å². The first-order chi connectivity index (χ1) is 8.24. The Labute approximate surface area is 106 Å². The second-order valence-electron chi connectivity index (χ2n) is 3.81. The van der Waals surface area contributed by atoms with E-state index in [1.165, 1.54) is 4.88 Å². The Kier molecular flexibility index (Phi) is 6.84. The van der Waals surface area contributed by atoms with Gasteiger partial charge in [0.15, 0.2) is 0 Å². The number of hydrogen-bond donors (Lipinski definition) is 2. The van der Waals surface area contributed by atoms with Crippen LogP contribution in [0.1, 0.15) is 24.3 Å². The summed E-state index contributed by atoms with van der Waals surface area (Å²) in [6, 6.07) is 4.31. The molecule has 0 aliphatic carbocycles. The molecule has 0 aliphatic heterocycles. The minimum absolute atomic E-state index is 0.0320. The van der Waals surface area contributed by atoms with Gasteiger partial charge in [-0.25, -0.2) is 0 Å². The van der Waals surface area contributed by atoms with E-state index in [1.807, 2.05) is 11.4 Å². The molecule has 0 radical (unpaired) electrons. The van der Waals surface area contributed by atoms with E-state index in [2.05, 4.69) is 23.6 Å². The number of carbonyl (C=O) groups is 1. The summed E-state index contributed by atoms with van der Waals surface area (Å²) >= 11 is 1.70. The Bertz CT molecular complexity index is 314. The molecule has 5 heteroatoms. The molecule has 0 aromatic carbocycles. The number of nitrogens with one attached hydrogen (secondary N) is 2. The number of hydrogen-bond acceptors (Lipinski definition) is 4. The van der Waals surface area contributed by atoms with Gasteiger partial charge in [0.1, 0.15) is 0 Å². The summed E-state index contributed by atoms with van der Waals surface area (Å²) in [6.45, 7) is 3.76. The van der Waals surface area contributed by atoms with Crippen molar-refractivity contribution >= 4 is 17.2 Å². The topological polar surface area (TPSA) is 50.4 Å². The normalized spacial score (nSPS) is 12.4. The predicted molar refractivity (Wildman–Crippen MR) is 70.2 cm³/mol. The van der Waals surface area contributed by atoms with E-state index in [1.54, 1.807) is 18.4 Å². The van der Waals surface area contributed by atoms with Crippen LogP contribution >= 0.6 is 11.3 Å². The van der Waals surface area contributed by atoms with Crippen molar-refractivity contribution in [3.05, 3.63) is 22.4 Å². The summed E-state index contributed by atoms with van der Waals surface area (Å²) in [6.07, 6.45) is 0.850. The molecule has 0 spiro atoms. The molecule has 1 unspecified atom stereocenters. The molecule has 1 atom stereocenters. The first-order valence-corrected chi connectivity index (χ1v) is 6.64. The number of carbonyl (C=O) groups excluding carboxylic acids is 1. The van der Waals surface area contributed by atoms with Crippen molar-refractivity contribution in [2.24, 2.45) is 0 Å². The number of rotatable bonds is 8. The molecule has 1 aromatic rings. The third-order valence-electron chi connectivity index (χ3n) is 2.39. The first kappa shape index (κ1) is 14.2. The van der Waals surface area contributed by atoms with Crippen LogP contribution in [0.25, 0.3) is 0 Å². The monoisotopic (exact) mass is 256 g/mol. The zero-order valence-corrected chi connectivity index (χ0v) is 11.2. The van der Waals surface area contributed by atoms with Gasteiger partial charge >= 0.3 is 0 Å². The summed E-state index contributed by atoms with van der Waals surface area (Å²) in [5.41, 5.74) is 0. The van der Waals surface area contributed by atoms with Crippen LogP contribution in [0.3, 0.4) is 0 Å². The highest BCUT2D eigenvalue weighted by atomic mass is 32.1. The lowest BCUT2D eigenvalue weighted by molar-refractivity contribution is -0.120. The molecule has 1 aromatic heterocycles. The Morgan fingerprint density at radius 1 is 1.59 bits per heavy atom. The van der Waals surface area contributed by atoms with E-state index in [4.69, 9.17) is 4.74 Å². The van der Waals surface area contributed by atoms with Gasteiger partial charge in [-0.05, 0) is 24.8 Å². The minimum atomic E-state index is 0.0320. The molecule has 1 amide bonds. The molecule has 0 saturated heterocycles. The van der Waals surface area contributed by atoms with Crippen molar-refractivity contribution < 1.29 is 9.53 Å². The quantitative estimate of drug-likeness (QED) is 0.694. The van der Waals surface area contributed by atoms with Crippen molar-refractivity contribution in [2.75, 3.05) is 26.8 Å². The van der Waals surface area contributed by atoms with Crippen LogP contribution in [0, 0.1) is 0 Å². The fourth-order valence-electron chi connectivity index (χ4n) is 1.39. The summed E-state index contributed by atoms with van der Waals surface area (Å²) in [5, 5.41) is 8.07. The van der Waals surface area contributed by atoms with Crippen molar-refractivity contribution in [2.45, 2.75) is 19.4 Å². The van der Waals surface area contributed by atoms with Gasteiger partial charge in [0, 0.05) is 31.2 Å². The Hall–Kier alpha value is -0.910. The summed E-state index contributed by atoms with van der Waals surface area (Å²) in [4.78, 5) is 12.7. The van der Waals surface area contributed by atoms with Crippen LogP contribution in [-0.2, 0) is 9.53 Å². The highest BCUT2D eigenvalue weighted by molar-refractivity contribution is 7.10. The van der Waals surface area contributed by atoms with Crippen molar-refractivity contribution in [1.82, 2.24) is 10.6 Å². The summed E-state index contributed by atoms with van der Waals surface area (Å²) in [7, 11) is 1.66. The average molecular weight is 256 g/mol. The molecular formula is C12H20N2O2S. The van der Waals surface area contributed by atoms with Crippen molar-refractivity contribution in [1.29, 1.82) is 0 Å². The minimum Gasteiger partial charge on any atom is -0.385 e. The molecule has 0 aliphatic rings. The molecule has 1 rings (SSSR count). The SMILES string of the molecule is COCCCNC(=O)CNC(C)c1cccs1. The maximum Gasteiger partial charge on any atom is 0.233 e. The summed E-state index contributed by atoms with van der Waals surface area (Å²) < 4.78 is 4.91. The van der Waals surface area contributed by atoms with Gasteiger partial charge in [-0.3, -0.25) is 4.79 Å². The number of thiophene rings is 1. The smallest absolute Gasteiger partial charge is 0.233 e. The molecule has 0 bridgehead atoms. The van der Waals surface area contributed by atoms with Crippen LogP contribution in [0.5, 0.6) is 0 Å². The molecule has 96 valence electrons. The van der Waals surface area contributed by atoms with Crippen LogP contribution in [0.4, 0.5) is 0 Å². The van der Waals surface area contributed by atoms with Crippen LogP contribution < -0.4 is 10.6 Å². The molecule has 17 heavy (non-hydrogen) atoms. The van der Waals surface area contributed by atoms with Gasteiger partial charge in [0.05, 0.1) is 6.54 Å². The first-order valence-electron chi connectivity index (χ1n) is 5.76. The van der Waals surface area contributed by atoms with E-state index >= 15 is 0 Å². The fourth-order valence-corrected chi connectivity index (χ4v) is 2.15. The number of amides is 1. The van der Waals surface area contributed by atoms with Gasteiger partial charge in [0.2, 0.25) is 5.91 Å². The molecular weight excluding hydrogens is 236 g/mol. The maximum absolute atomic E-state index is 11.5. The van der Waals surface area contributed by atoms with Crippen LogP contribution in [0.2, 0.25) is 0 Å². The molecule has 0 saturated carbocycles. The van der Waals surface area contributed by atoms with Gasteiger partial charge < -0.3 is 15.4 Å². The van der Waals surface area contributed by atoms with E-state index in [0.717, 1.165) is 6.42 Å². The third-order valence-corrected chi connectivity index (χ3v) is 3.44. The van der Waals surface area contributed by atoms with E-state index in [-0.39, 0.29) is 11.9 Å². The Morgan fingerprint density at radius 3 is 3.06 bits per heavy atom. The highest BCUT2D eigenvalue weighted by Gasteiger charge is 2.07. The number of ether oxygens (including phenoxy) is 1. The van der Waals surface area contributed by atoms with E-state index in [0.29, 0.717) is 19.7 Å². The summed E-state index contributed by atoms with van der Waals surface area (Å²) in [5.74, 6) is 0.0320. The van der Waals surface area contributed by atoms with Crippen molar-refractivity contribution in [3.8, 4) is 0 Å². The second-order valence-corrected chi connectivity index (χ2v) is 4.79. The molecule has 2 N–H and O–H groups in total. The lowest BCUT2D eigenvalue weighted by Crippen LogP contribution is -2.35.